The Balaban J connectivity index is 1.54. The molecule has 3 aromatic rings. The summed E-state index contributed by atoms with van der Waals surface area (Å²) in [6.45, 7) is 1.70. The van der Waals surface area contributed by atoms with Crippen LogP contribution in [0.2, 0.25) is 0 Å². The van der Waals surface area contributed by atoms with Gasteiger partial charge >= 0.3 is 0 Å². The zero-order valence-corrected chi connectivity index (χ0v) is 19.9. The Morgan fingerprint density at radius 1 is 0.938 bits per heavy atom. The van der Waals surface area contributed by atoms with E-state index in [1.165, 1.54) is 31.4 Å². The van der Waals surface area contributed by atoms with Gasteiger partial charge in [-0.15, -0.1) is 0 Å². The van der Waals surface area contributed by atoms with Crippen LogP contribution in [0.25, 0.3) is 0 Å². The molecule has 0 aliphatic carbocycles. The molecule has 3 rings (SSSR count). The van der Waals surface area contributed by atoms with Crippen LogP contribution >= 0.6 is 15.9 Å². The Hall–Kier alpha value is -3.04. The van der Waals surface area contributed by atoms with Crippen LogP contribution in [-0.2, 0) is 14.8 Å². The minimum atomic E-state index is -3.76. The molecule has 0 saturated heterocycles. The van der Waals surface area contributed by atoms with Gasteiger partial charge in [0.15, 0.2) is 6.61 Å². The van der Waals surface area contributed by atoms with Gasteiger partial charge in [-0.2, -0.15) is 0 Å². The average molecular weight is 519 g/mol. The highest BCUT2D eigenvalue weighted by Crippen LogP contribution is 2.21. The van der Waals surface area contributed by atoms with Crippen molar-refractivity contribution in [1.82, 2.24) is 5.32 Å². The number of amides is 1. The molecular formula is C23H23BrN2O5S. The van der Waals surface area contributed by atoms with Crippen LogP contribution in [0.3, 0.4) is 0 Å². The van der Waals surface area contributed by atoms with E-state index in [1.807, 2.05) is 31.2 Å². The lowest BCUT2D eigenvalue weighted by atomic mass is 10.1. The largest absolute Gasteiger partial charge is 0.497 e. The molecule has 168 valence electrons. The smallest absolute Gasteiger partial charge is 0.261 e. The standard InChI is InChI=1S/C23H23BrN2O5S/c1-16(17-3-5-18(24)6-4-17)25-23(27)15-31-21-11-13-22(14-12-21)32(28,29)26-19-7-9-20(30-2)10-8-19/h3-14,16,26H,15H2,1-2H3,(H,25,27). The van der Waals surface area contributed by atoms with Gasteiger partial charge in [-0.3, -0.25) is 9.52 Å². The highest BCUT2D eigenvalue weighted by Gasteiger charge is 2.15. The van der Waals surface area contributed by atoms with Crippen molar-refractivity contribution >= 4 is 37.5 Å². The van der Waals surface area contributed by atoms with Crippen molar-refractivity contribution in [2.45, 2.75) is 17.9 Å². The zero-order chi connectivity index (χ0) is 23.1. The van der Waals surface area contributed by atoms with Crippen molar-refractivity contribution < 1.29 is 22.7 Å². The third kappa shape index (κ3) is 6.48. The molecule has 0 spiro atoms. The summed E-state index contributed by atoms with van der Waals surface area (Å²) in [5.41, 5.74) is 1.39. The number of hydrogen-bond donors (Lipinski definition) is 2. The van der Waals surface area contributed by atoms with E-state index in [0.717, 1.165) is 10.0 Å². The van der Waals surface area contributed by atoms with E-state index < -0.39 is 10.0 Å². The molecule has 0 aromatic heterocycles. The second kappa shape index (κ2) is 10.5. The molecule has 0 fully saturated rings. The van der Waals surface area contributed by atoms with Crippen molar-refractivity contribution in [3.63, 3.8) is 0 Å². The van der Waals surface area contributed by atoms with E-state index in [0.29, 0.717) is 17.2 Å². The lowest BCUT2D eigenvalue weighted by Crippen LogP contribution is -2.31. The summed E-state index contributed by atoms with van der Waals surface area (Å²) >= 11 is 3.38. The Morgan fingerprint density at radius 2 is 1.53 bits per heavy atom. The van der Waals surface area contributed by atoms with E-state index in [1.54, 1.807) is 24.3 Å². The Labute approximate surface area is 195 Å². The predicted octanol–water partition coefficient (Wildman–Crippen LogP) is 4.51. The number of halogens is 1. The van der Waals surface area contributed by atoms with Gasteiger partial charge in [-0.05, 0) is 73.2 Å². The number of nitrogens with one attached hydrogen (secondary N) is 2. The summed E-state index contributed by atoms with van der Waals surface area (Å²) in [6, 6.07) is 19.9. The van der Waals surface area contributed by atoms with Gasteiger partial charge in [0.05, 0.1) is 18.0 Å². The summed E-state index contributed by atoms with van der Waals surface area (Å²) in [4.78, 5) is 12.3. The predicted molar refractivity (Wildman–Crippen MR) is 126 cm³/mol. The summed E-state index contributed by atoms with van der Waals surface area (Å²) in [6.07, 6.45) is 0. The van der Waals surface area contributed by atoms with Crippen molar-refractivity contribution in [3.05, 3.63) is 82.8 Å². The first kappa shape index (κ1) is 23.6. The van der Waals surface area contributed by atoms with Crippen molar-refractivity contribution in [3.8, 4) is 11.5 Å². The third-order valence-electron chi connectivity index (χ3n) is 4.59. The minimum Gasteiger partial charge on any atom is -0.497 e. The fourth-order valence-corrected chi connectivity index (χ4v) is 4.18. The molecule has 0 aliphatic heterocycles. The molecule has 0 radical (unpaired) electrons. The summed E-state index contributed by atoms with van der Waals surface area (Å²) in [5.74, 6) is 0.739. The normalized spacial score (nSPS) is 12.0. The number of carbonyl (C=O) groups excluding carboxylic acids is 1. The molecule has 9 heteroatoms. The fourth-order valence-electron chi connectivity index (χ4n) is 2.85. The quantitative estimate of drug-likeness (QED) is 0.434. The van der Waals surface area contributed by atoms with Crippen LogP contribution in [0, 0.1) is 0 Å². The molecule has 0 heterocycles. The van der Waals surface area contributed by atoms with Gasteiger partial charge in [-0.25, -0.2) is 8.42 Å². The minimum absolute atomic E-state index is 0.0778. The first-order valence-electron chi connectivity index (χ1n) is 9.71. The van der Waals surface area contributed by atoms with Gasteiger partial charge in [0.25, 0.3) is 15.9 Å². The maximum Gasteiger partial charge on any atom is 0.261 e. The molecular weight excluding hydrogens is 496 g/mol. The molecule has 3 aromatic carbocycles. The van der Waals surface area contributed by atoms with Crippen LogP contribution in [0.1, 0.15) is 18.5 Å². The highest BCUT2D eigenvalue weighted by molar-refractivity contribution is 9.10. The average Bonchev–Trinajstić information content (AvgIpc) is 2.78. The van der Waals surface area contributed by atoms with E-state index in [9.17, 15) is 13.2 Å². The highest BCUT2D eigenvalue weighted by atomic mass is 79.9. The second-order valence-corrected chi connectivity index (χ2v) is 9.53. The number of carbonyl (C=O) groups is 1. The number of methoxy groups -OCH3 is 1. The van der Waals surface area contributed by atoms with Crippen molar-refractivity contribution in [2.24, 2.45) is 0 Å². The van der Waals surface area contributed by atoms with Crippen LogP contribution in [0.5, 0.6) is 11.5 Å². The summed E-state index contributed by atoms with van der Waals surface area (Å²) < 4.78 is 39.1. The van der Waals surface area contributed by atoms with E-state index in [-0.39, 0.29) is 23.5 Å². The van der Waals surface area contributed by atoms with Crippen LogP contribution < -0.4 is 19.5 Å². The van der Waals surface area contributed by atoms with Crippen LogP contribution in [0.4, 0.5) is 5.69 Å². The number of rotatable bonds is 9. The molecule has 32 heavy (non-hydrogen) atoms. The molecule has 2 N–H and O–H groups in total. The van der Waals surface area contributed by atoms with Gasteiger partial charge in [0.1, 0.15) is 11.5 Å². The molecule has 1 atom stereocenters. The molecule has 0 bridgehead atoms. The summed E-state index contributed by atoms with van der Waals surface area (Å²) in [5, 5.41) is 2.86. The summed E-state index contributed by atoms with van der Waals surface area (Å²) in [7, 11) is -2.22. The number of ether oxygens (including phenoxy) is 2. The zero-order valence-electron chi connectivity index (χ0n) is 17.5. The van der Waals surface area contributed by atoms with Gasteiger partial charge in [-0.1, -0.05) is 28.1 Å². The number of benzene rings is 3. The maximum absolute atomic E-state index is 12.6. The number of hydrogen-bond acceptors (Lipinski definition) is 5. The van der Waals surface area contributed by atoms with E-state index >= 15 is 0 Å². The van der Waals surface area contributed by atoms with Crippen molar-refractivity contribution in [1.29, 1.82) is 0 Å². The SMILES string of the molecule is COc1ccc(NS(=O)(=O)c2ccc(OCC(=O)NC(C)c3ccc(Br)cc3)cc2)cc1. The number of sulfonamides is 1. The van der Waals surface area contributed by atoms with Gasteiger partial charge in [0, 0.05) is 10.2 Å². The topological polar surface area (TPSA) is 93.7 Å². The van der Waals surface area contributed by atoms with Crippen LogP contribution in [0.15, 0.2) is 82.2 Å². The Kier molecular flexibility index (Phi) is 7.76. The third-order valence-corrected chi connectivity index (χ3v) is 6.52. The Morgan fingerprint density at radius 3 is 2.12 bits per heavy atom. The molecule has 1 unspecified atom stereocenters. The van der Waals surface area contributed by atoms with E-state index in [2.05, 4.69) is 26.0 Å². The lowest BCUT2D eigenvalue weighted by molar-refractivity contribution is -0.123. The molecule has 0 aliphatic rings. The first-order valence-corrected chi connectivity index (χ1v) is 12.0. The van der Waals surface area contributed by atoms with Crippen molar-refractivity contribution in [2.75, 3.05) is 18.4 Å². The Bertz CT molecular complexity index is 1150. The van der Waals surface area contributed by atoms with Gasteiger partial charge in [0.2, 0.25) is 0 Å². The molecule has 1 amide bonds. The van der Waals surface area contributed by atoms with Gasteiger partial charge < -0.3 is 14.8 Å². The first-order chi connectivity index (χ1) is 15.3. The monoisotopic (exact) mass is 518 g/mol. The number of anilines is 1. The van der Waals surface area contributed by atoms with E-state index in [4.69, 9.17) is 9.47 Å². The maximum atomic E-state index is 12.6. The fraction of sp³-hybridized carbons (Fsp3) is 0.174. The molecule has 0 saturated carbocycles. The lowest BCUT2D eigenvalue weighted by Gasteiger charge is -2.15. The second-order valence-electron chi connectivity index (χ2n) is 6.93. The van der Waals surface area contributed by atoms with Crippen LogP contribution in [-0.4, -0.2) is 28.0 Å². The molecule has 7 nitrogen and oxygen atoms in total.